The molecule has 0 N–H and O–H groups in total. The molecule has 0 amide bonds. The molecule has 0 saturated carbocycles. The van der Waals surface area contributed by atoms with Gasteiger partial charge < -0.3 is 0 Å². The highest BCUT2D eigenvalue weighted by Gasteiger charge is 2.15. The van der Waals surface area contributed by atoms with Gasteiger partial charge in [0.15, 0.2) is 10.9 Å². The first-order valence-electron chi connectivity index (χ1n) is 7.22. The van der Waals surface area contributed by atoms with Gasteiger partial charge in [0.1, 0.15) is 0 Å². The van der Waals surface area contributed by atoms with Crippen LogP contribution >= 0.6 is 0 Å². The largest absolute Gasteiger partial charge is 0.289 e. The van der Waals surface area contributed by atoms with Gasteiger partial charge in [0.05, 0.1) is 0 Å². The van der Waals surface area contributed by atoms with Gasteiger partial charge in [-0.1, -0.05) is 48.5 Å². The van der Waals surface area contributed by atoms with Crippen LogP contribution < -0.4 is 10.9 Å². The average molecular weight is 282 g/mol. The molecule has 0 aromatic heterocycles. The third-order valence-electron chi connectivity index (χ3n) is 4.55. The Balaban J connectivity index is 2.40. The summed E-state index contributed by atoms with van der Waals surface area (Å²) in [4.78, 5) is 25.0. The highest BCUT2D eigenvalue weighted by Crippen LogP contribution is 2.36. The van der Waals surface area contributed by atoms with E-state index in [-0.39, 0.29) is 10.9 Å². The van der Waals surface area contributed by atoms with Crippen LogP contribution in [0.1, 0.15) is 0 Å². The van der Waals surface area contributed by atoms with E-state index in [1.807, 2.05) is 48.5 Å². The molecule has 5 aromatic rings. The number of rotatable bonds is 0. The lowest BCUT2D eigenvalue weighted by molar-refractivity contribution is 1.68. The first kappa shape index (κ1) is 11.6. The smallest absolute Gasteiger partial charge is 0.187 e. The zero-order chi connectivity index (χ0) is 14.8. The Morgan fingerprint density at radius 2 is 0.909 bits per heavy atom. The molecule has 102 valence electrons. The van der Waals surface area contributed by atoms with Crippen molar-refractivity contribution in [2.75, 3.05) is 0 Å². The van der Waals surface area contributed by atoms with E-state index in [9.17, 15) is 9.59 Å². The van der Waals surface area contributed by atoms with Gasteiger partial charge in [-0.3, -0.25) is 9.59 Å². The van der Waals surface area contributed by atoms with Gasteiger partial charge in [-0.2, -0.15) is 0 Å². The monoisotopic (exact) mass is 282 g/mol. The van der Waals surface area contributed by atoms with Crippen LogP contribution in [0.2, 0.25) is 0 Å². The first-order chi connectivity index (χ1) is 10.8. The molecule has 0 saturated heterocycles. The molecule has 2 heteroatoms. The van der Waals surface area contributed by atoms with Crippen molar-refractivity contribution in [3.05, 3.63) is 81.1 Å². The minimum Gasteiger partial charge on any atom is -0.289 e. The lowest BCUT2D eigenvalue weighted by atomic mass is 9.89. The molecule has 0 aliphatic rings. The van der Waals surface area contributed by atoms with Gasteiger partial charge in [-0.15, -0.1) is 0 Å². The van der Waals surface area contributed by atoms with Crippen LogP contribution in [-0.4, -0.2) is 0 Å². The van der Waals surface area contributed by atoms with Crippen molar-refractivity contribution in [2.45, 2.75) is 0 Å². The molecule has 5 aromatic carbocycles. The summed E-state index contributed by atoms with van der Waals surface area (Å²) in [6, 6.07) is 18.6. The van der Waals surface area contributed by atoms with Gasteiger partial charge in [0, 0.05) is 21.5 Å². The van der Waals surface area contributed by atoms with Crippen molar-refractivity contribution >= 4 is 43.1 Å². The minimum absolute atomic E-state index is 0.00871. The molecule has 22 heavy (non-hydrogen) atoms. The third kappa shape index (κ3) is 1.25. The van der Waals surface area contributed by atoms with Crippen LogP contribution in [0.4, 0.5) is 0 Å². The molecule has 0 spiro atoms. The van der Waals surface area contributed by atoms with Gasteiger partial charge in [0.2, 0.25) is 0 Å². The fraction of sp³-hybridized carbons (Fsp3) is 0. The number of benzene rings is 5. The molecule has 0 aliphatic carbocycles. The third-order valence-corrected chi connectivity index (χ3v) is 4.55. The number of hydrogen-bond acceptors (Lipinski definition) is 2. The maximum Gasteiger partial charge on any atom is 0.187 e. The Morgan fingerprint density at radius 1 is 0.455 bits per heavy atom. The molecule has 0 heterocycles. The van der Waals surface area contributed by atoms with Crippen molar-refractivity contribution in [1.82, 2.24) is 0 Å². The van der Waals surface area contributed by atoms with Crippen LogP contribution in [0.5, 0.6) is 0 Å². The Morgan fingerprint density at radius 3 is 1.36 bits per heavy atom. The van der Waals surface area contributed by atoms with Crippen LogP contribution in [0.3, 0.4) is 0 Å². The van der Waals surface area contributed by atoms with Crippen molar-refractivity contribution < 1.29 is 0 Å². The molecule has 0 unspecified atom stereocenters. The Kier molecular flexibility index (Phi) is 2.01. The van der Waals surface area contributed by atoms with Crippen molar-refractivity contribution in [2.24, 2.45) is 0 Å². The molecule has 0 aliphatic heterocycles. The van der Waals surface area contributed by atoms with E-state index in [0.29, 0.717) is 0 Å². The second kappa shape index (κ2) is 3.80. The first-order valence-corrected chi connectivity index (χ1v) is 7.22. The van der Waals surface area contributed by atoms with Crippen molar-refractivity contribution in [3.8, 4) is 0 Å². The van der Waals surface area contributed by atoms with Gasteiger partial charge in [-0.05, 0) is 33.7 Å². The van der Waals surface area contributed by atoms with E-state index < -0.39 is 0 Å². The highest BCUT2D eigenvalue weighted by atomic mass is 16.1. The Labute approximate surface area is 124 Å². The molecule has 2 nitrogen and oxygen atoms in total. The Hall–Kier alpha value is -3.00. The van der Waals surface area contributed by atoms with E-state index in [4.69, 9.17) is 0 Å². The predicted molar refractivity (Wildman–Crippen MR) is 91.4 cm³/mol. The van der Waals surface area contributed by atoms with Crippen LogP contribution in [0, 0.1) is 0 Å². The number of hydrogen-bond donors (Lipinski definition) is 0. The average Bonchev–Trinajstić information content (AvgIpc) is 2.55. The van der Waals surface area contributed by atoms with Crippen molar-refractivity contribution in [1.29, 1.82) is 0 Å². The second-order valence-corrected chi connectivity index (χ2v) is 5.68. The quantitative estimate of drug-likeness (QED) is 0.319. The van der Waals surface area contributed by atoms with E-state index in [1.165, 1.54) is 0 Å². The molecule has 0 atom stereocenters. The van der Waals surface area contributed by atoms with Crippen molar-refractivity contribution in [3.63, 3.8) is 0 Å². The fourth-order valence-electron chi connectivity index (χ4n) is 3.67. The Bertz CT molecular complexity index is 1200. The standard InChI is InChI=1S/C20H10O2/c21-15-10-8-12-4-2-6-14-18(12)19(15)13-5-1-3-11-7-9-16(22)20(14)17(11)13/h1-10H. The van der Waals surface area contributed by atoms with Crippen LogP contribution in [-0.2, 0) is 0 Å². The summed E-state index contributed by atoms with van der Waals surface area (Å²) in [5, 5.41) is 6.99. The molecule has 5 rings (SSSR count). The summed E-state index contributed by atoms with van der Waals surface area (Å²) in [6.07, 6.45) is 0. The summed E-state index contributed by atoms with van der Waals surface area (Å²) in [6.45, 7) is 0. The fourth-order valence-corrected chi connectivity index (χ4v) is 3.67. The normalized spacial score (nSPS) is 12.0. The van der Waals surface area contributed by atoms with E-state index in [2.05, 4.69) is 0 Å². The summed E-state index contributed by atoms with van der Waals surface area (Å²) >= 11 is 0. The van der Waals surface area contributed by atoms with Crippen LogP contribution in [0.15, 0.2) is 70.3 Å². The lowest BCUT2D eigenvalue weighted by Crippen LogP contribution is -2.05. The molecular formula is C20H10O2. The zero-order valence-corrected chi connectivity index (χ0v) is 11.6. The maximum atomic E-state index is 12.5. The predicted octanol–water partition coefficient (Wildman–Crippen LogP) is 3.90. The SMILES string of the molecule is O=c1ccc2cccc3c4c(=O)ccc5cccc(c1c23)c54. The van der Waals surface area contributed by atoms with E-state index >= 15 is 0 Å². The second-order valence-electron chi connectivity index (χ2n) is 5.68. The molecular weight excluding hydrogens is 272 g/mol. The molecule has 0 radical (unpaired) electrons. The molecule has 0 fully saturated rings. The van der Waals surface area contributed by atoms with Crippen LogP contribution in [0.25, 0.3) is 43.1 Å². The lowest BCUT2D eigenvalue weighted by Gasteiger charge is -2.12. The molecule has 0 bridgehead atoms. The summed E-state index contributed by atoms with van der Waals surface area (Å²) in [5.41, 5.74) is 0.0174. The summed E-state index contributed by atoms with van der Waals surface area (Å²) < 4.78 is 0. The topological polar surface area (TPSA) is 34.1 Å². The number of fused-ring (bicyclic) bond motifs is 2. The maximum absolute atomic E-state index is 12.5. The van der Waals surface area contributed by atoms with E-state index in [1.54, 1.807) is 12.1 Å². The summed E-state index contributed by atoms with van der Waals surface area (Å²) in [7, 11) is 0. The highest BCUT2D eigenvalue weighted by molar-refractivity contribution is 6.32. The summed E-state index contributed by atoms with van der Waals surface area (Å²) in [5.74, 6) is 0. The minimum atomic E-state index is 0.00871. The zero-order valence-electron chi connectivity index (χ0n) is 11.6. The van der Waals surface area contributed by atoms with Gasteiger partial charge in [0.25, 0.3) is 0 Å². The van der Waals surface area contributed by atoms with Gasteiger partial charge >= 0.3 is 0 Å². The van der Waals surface area contributed by atoms with Gasteiger partial charge in [-0.25, -0.2) is 0 Å². The van der Waals surface area contributed by atoms with E-state index in [0.717, 1.165) is 43.1 Å².